The molecule has 0 aliphatic heterocycles. The van der Waals surface area contributed by atoms with Crippen LogP contribution in [0.4, 0.5) is 0 Å². The Hall–Kier alpha value is -2.35. The summed E-state index contributed by atoms with van der Waals surface area (Å²) in [6, 6.07) is 9.55. The molecule has 2 unspecified atom stereocenters. The average Bonchev–Trinajstić information content (AvgIpc) is 3.60. The number of rotatable bonds is 8. The van der Waals surface area contributed by atoms with E-state index in [1.807, 2.05) is 35.0 Å². The van der Waals surface area contributed by atoms with E-state index in [9.17, 15) is 19.8 Å². The van der Waals surface area contributed by atoms with Crippen molar-refractivity contribution in [2.75, 3.05) is 0 Å². The molecule has 4 fully saturated rings. The Balaban J connectivity index is 1.21. The largest absolute Gasteiger partial charge is 0.481 e. The zero-order valence-electron chi connectivity index (χ0n) is 34.0. The molecule has 0 spiro atoms. The average molecular weight is 749 g/mol. The highest BCUT2D eigenvalue weighted by atomic mass is 35.5. The molecule has 0 amide bonds. The molecule has 0 radical (unpaired) electrons. The molecule has 9 atom stereocenters. The van der Waals surface area contributed by atoms with E-state index in [2.05, 4.69) is 60.2 Å². The highest BCUT2D eigenvalue weighted by Gasteiger charge is 2.70. The zero-order chi connectivity index (χ0) is 38.7. The number of aromatic nitrogens is 2. The Morgan fingerprint density at radius 2 is 1.62 bits per heavy atom. The van der Waals surface area contributed by atoms with E-state index in [0.717, 1.165) is 50.6 Å². The van der Waals surface area contributed by atoms with E-state index >= 15 is 0 Å². The summed E-state index contributed by atoms with van der Waals surface area (Å²) in [5, 5.41) is 21.3. The third kappa shape index (κ3) is 5.62. The first-order chi connectivity index (χ1) is 24.6. The third-order valence-electron chi connectivity index (χ3n) is 16.9. The number of carboxylic acid groups (broad SMARTS) is 1. The quantitative estimate of drug-likeness (QED) is 0.207. The first-order valence-corrected chi connectivity index (χ1v) is 20.9. The number of nitrogens with zero attached hydrogens (tertiary/aromatic N) is 2. The summed E-state index contributed by atoms with van der Waals surface area (Å²) in [5.41, 5.74) is 4.47. The molecule has 1 aromatic carbocycles. The minimum atomic E-state index is -1.10. The molecular formula is C45H65ClN2O5. The van der Waals surface area contributed by atoms with Crippen LogP contribution in [0.5, 0.6) is 0 Å². The summed E-state index contributed by atoms with van der Waals surface area (Å²) in [6.07, 6.45) is 9.90. The molecule has 2 aromatic rings. The van der Waals surface area contributed by atoms with Gasteiger partial charge >= 0.3 is 5.97 Å². The maximum absolute atomic E-state index is 13.8. The van der Waals surface area contributed by atoms with Gasteiger partial charge in [0.05, 0.1) is 22.9 Å². The normalized spacial score (nSPS) is 37.2. The maximum atomic E-state index is 13.8. The summed E-state index contributed by atoms with van der Waals surface area (Å²) in [5.74, 6) is 1.07. The lowest BCUT2D eigenvalue weighted by molar-refractivity contribution is -0.257. The standard InChI is InChI=1S/C45H65ClN2O5/c1-27(2)30-17-22-45(34-25-36(49)48(47(34)10)29-13-11-28(46)12-14-29)24-23-43(8)31(38(30)45)15-16-33-42(7)20-19-35(53-37(50)26-40(3,4)39(51)52)41(5,6)32(42)18-21-44(33,43)9/h11-14,25,27,31-33,35,37,50H,15-24,26H2,1-10H3,(H,51,52)/t31-,32+,33-,35+,37?,42+,43-,44?,45-/m1/s1. The third-order valence-corrected chi connectivity index (χ3v) is 17.1. The summed E-state index contributed by atoms with van der Waals surface area (Å²) < 4.78 is 10.4. The Bertz CT molecular complexity index is 1850. The van der Waals surface area contributed by atoms with Gasteiger partial charge in [-0.3, -0.25) is 14.3 Å². The SMILES string of the molecule is CC(C)C1=C2[C@H]3CC[C@H]4C(C)(CC[C@H]5C(C)(C)[C@@H](OC(O)CC(C)(C)C(=O)O)CC[C@@]54C)[C@]3(C)CC[C@@]2(c2cc(=O)n(-c3ccc(Cl)cc3)n2C)CC1. The van der Waals surface area contributed by atoms with Crippen molar-refractivity contribution in [2.45, 2.75) is 151 Å². The summed E-state index contributed by atoms with van der Waals surface area (Å²) in [4.78, 5) is 25.6. The van der Waals surface area contributed by atoms with Crippen molar-refractivity contribution in [2.24, 2.45) is 57.8 Å². The lowest BCUT2D eigenvalue weighted by Gasteiger charge is -2.72. The molecule has 7 nitrogen and oxygen atoms in total. The highest BCUT2D eigenvalue weighted by Crippen LogP contribution is 2.77. The van der Waals surface area contributed by atoms with Crippen LogP contribution in [-0.4, -0.2) is 37.9 Å². The lowest BCUT2D eigenvalue weighted by atomic mass is 9.33. The molecule has 7 rings (SSSR count). The molecule has 0 bridgehead atoms. The Kier molecular flexibility index (Phi) is 9.43. The van der Waals surface area contributed by atoms with Crippen molar-refractivity contribution in [1.29, 1.82) is 0 Å². The lowest BCUT2D eigenvalue weighted by Crippen LogP contribution is -2.66. The summed E-state index contributed by atoms with van der Waals surface area (Å²) >= 11 is 6.24. The highest BCUT2D eigenvalue weighted by molar-refractivity contribution is 6.30. The van der Waals surface area contributed by atoms with E-state index in [4.69, 9.17) is 16.3 Å². The zero-order valence-corrected chi connectivity index (χ0v) is 34.8. The number of benzene rings is 1. The molecular weight excluding hydrogens is 684 g/mol. The number of aliphatic carboxylic acids is 1. The fourth-order valence-corrected chi connectivity index (χ4v) is 14.0. The predicted molar refractivity (Wildman–Crippen MR) is 211 cm³/mol. The van der Waals surface area contributed by atoms with Gasteiger partial charge < -0.3 is 14.9 Å². The number of allylic oxidation sites excluding steroid dienone is 2. The monoisotopic (exact) mass is 748 g/mol. The van der Waals surface area contributed by atoms with Gasteiger partial charge in [-0.15, -0.1) is 0 Å². The van der Waals surface area contributed by atoms with Crippen LogP contribution in [0.1, 0.15) is 139 Å². The van der Waals surface area contributed by atoms with Gasteiger partial charge in [-0.05, 0) is 148 Å². The molecule has 1 aromatic heterocycles. The van der Waals surface area contributed by atoms with Gasteiger partial charge in [-0.2, -0.15) is 0 Å². The van der Waals surface area contributed by atoms with Crippen molar-refractivity contribution >= 4 is 17.6 Å². The van der Waals surface area contributed by atoms with Gasteiger partial charge in [0.25, 0.3) is 5.56 Å². The van der Waals surface area contributed by atoms with E-state index in [0.29, 0.717) is 28.7 Å². The van der Waals surface area contributed by atoms with Crippen LogP contribution in [-0.2, 0) is 22.0 Å². The summed E-state index contributed by atoms with van der Waals surface area (Å²) in [6.45, 7) is 20.7. The second-order valence-corrected chi connectivity index (χ2v) is 20.7. The topological polar surface area (TPSA) is 93.7 Å². The minimum Gasteiger partial charge on any atom is -0.481 e. The van der Waals surface area contributed by atoms with Crippen molar-refractivity contribution in [3.8, 4) is 5.69 Å². The molecule has 5 aliphatic rings. The fraction of sp³-hybridized carbons (Fsp3) is 0.733. The maximum Gasteiger partial charge on any atom is 0.309 e. The van der Waals surface area contributed by atoms with E-state index in [-0.39, 0.29) is 45.2 Å². The minimum absolute atomic E-state index is 0.0205. The molecule has 8 heteroatoms. The number of ether oxygens (including phenoxy) is 1. The molecule has 4 saturated carbocycles. The van der Waals surface area contributed by atoms with E-state index < -0.39 is 17.7 Å². The fourth-order valence-electron chi connectivity index (χ4n) is 13.9. The van der Waals surface area contributed by atoms with E-state index in [1.54, 1.807) is 25.0 Å². The van der Waals surface area contributed by atoms with Crippen molar-refractivity contribution in [3.05, 3.63) is 62.5 Å². The van der Waals surface area contributed by atoms with Gasteiger partial charge in [-0.1, -0.05) is 71.2 Å². The number of halogens is 1. The number of aliphatic hydroxyl groups excluding tert-OH is 1. The van der Waals surface area contributed by atoms with Crippen LogP contribution < -0.4 is 5.56 Å². The number of hydrogen-bond donors (Lipinski definition) is 2. The molecule has 0 saturated heterocycles. The Morgan fingerprint density at radius 3 is 2.26 bits per heavy atom. The Morgan fingerprint density at radius 1 is 0.943 bits per heavy atom. The van der Waals surface area contributed by atoms with Crippen LogP contribution in [0, 0.1) is 50.7 Å². The van der Waals surface area contributed by atoms with Crippen molar-refractivity contribution < 1.29 is 19.7 Å². The molecule has 53 heavy (non-hydrogen) atoms. The number of aliphatic hydroxyl groups is 1. The predicted octanol–water partition coefficient (Wildman–Crippen LogP) is 10.1. The van der Waals surface area contributed by atoms with Gasteiger partial charge in [0.2, 0.25) is 0 Å². The van der Waals surface area contributed by atoms with Crippen LogP contribution in [0.3, 0.4) is 0 Å². The number of hydrogen-bond acceptors (Lipinski definition) is 4. The van der Waals surface area contributed by atoms with E-state index in [1.165, 1.54) is 25.0 Å². The first-order valence-electron chi connectivity index (χ1n) is 20.5. The summed E-state index contributed by atoms with van der Waals surface area (Å²) in [7, 11) is 2.08. The first kappa shape index (κ1) is 38.9. The van der Waals surface area contributed by atoms with Gasteiger partial charge in [0.15, 0.2) is 6.29 Å². The van der Waals surface area contributed by atoms with Crippen molar-refractivity contribution in [3.63, 3.8) is 0 Å². The van der Waals surface area contributed by atoms with Gasteiger partial charge in [-0.25, -0.2) is 4.68 Å². The van der Waals surface area contributed by atoms with Crippen molar-refractivity contribution in [1.82, 2.24) is 9.36 Å². The van der Waals surface area contributed by atoms with Gasteiger partial charge in [0.1, 0.15) is 0 Å². The second-order valence-electron chi connectivity index (χ2n) is 20.3. The van der Waals surface area contributed by atoms with Crippen LogP contribution in [0.25, 0.3) is 5.69 Å². The molecule has 2 N–H and O–H groups in total. The van der Waals surface area contributed by atoms with Gasteiger partial charge in [0, 0.05) is 30.0 Å². The molecule has 5 aliphatic carbocycles. The van der Waals surface area contributed by atoms with Crippen LogP contribution in [0.2, 0.25) is 5.02 Å². The molecule has 292 valence electrons. The number of carboxylic acids is 1. The number of fused-ring (bicyclic) bond motifs is 7. The Labute approximate surface area is 322 Å². The van der Waals surface area contributed by atoms with Crippen LogP contribution in [0.15, 0.2) is 46.3 Å². The smallest absolute Gasteiger partial charge is 0.309 e. The van der Waals surface area contributed by atoms with Crippen LogP contribution >= 0.6 is 11.6 Å². The number of carbonyl (C=O) groups is 1. The molecule has 1 heterocycles. The second kappa shape index (κ2) is 12.8.